The second-order valence-electron chi connectivity index (χ2n) is 8.02. The lowest BCUT2D eigenvalue weighted by Crippen LogP contribution is -2.50. The topological polar surface area (TPSA) is 44.4 Å². The monoisotopic (exact) mass is 307 g/mol. The average Bonchev–Trinajstić information content (AvgIpc) is 2.91. The number of hydrogen-bond donors (Lipinski definition) is 2. The van der Waals surface area contributed by atoms with Crippen LogP contribution in [0.15, 0.2) is 0 Å². The van der Waals surface area contributed by atoms with Gasteiger partial charge in [-0.3, -0.25) is 4.79 Å². The number of carbonyl (C=O) groups is 1. The predicted molar refractivity (Wildman–Crippen MR) is 89.7 cm³/mol. The molecule has 2 saturated heterocycles. The van der Waals surface area contributed by atoms with E-state index in [0.29, 0.717) is 6.04 Å². The average molecular weight is 307 g/mol. The largest absolute Gasteiger partial charge is 0.351 e. The molecule has 22 heavy (non-hydrogen) atoms. The highest BCUT2D eigenvalue weighted by Gasteiger charge is 2.38. The van der Waals surface area contributed by atoms with E-state index in [-0.39, 0.29) is 18.0 Å². The summed E-state index contributed by atoms with van der Waals surface area (Å²) in [6.45, 7) is 7.86. The van der Waals surface area contributed by atoms with E-state index in [1.54, 1.807) is 0 Å². The van der Waals surface area contributed by atoms with E-state index in [9.17, 15) is 4.79 Å². The molecule has 3 fully saturated rings. The van der Waals surface area contributed by atoms with E-state index >= 15 is 0 Å². The molecule has 126 valence electrons. The smallest absolute Gasteiger partial charge is 0.237 e. The van der Waals surface area contributed by atoms with Gasteiger partial charge < -0.3 is 15.5 Å². The fourth-order valence-corrected chi connectivity index (χ4v) is 4.75. The molecule has 3 rings (SSSR count). The zero-order valence-electron chi connectivity index (χ0n) is 14.3. The van der Waals surface area contributed by atoms with E-state index < -0.39 is 0 Å². The normalized spacial score (nSPS) is 37.5. The number of rotatable bonds is 4. The van der Waals surface area contributed by atoms with Crippen molar-refractivity contribution in [2.24, 2.45) is 11.8 Å². The molecule has 5 unspecified atom stereocenters. The summed E-state index contributed by atoms with van der Waals surface area (Å²) in [6, 6.07) is 0.904. The summed E-state index contributed by atoms with van der Waals surface area (Å²) in [5.41, 5.74) is 0. The van der Waals surface area contributed by atoms with Crippen LogP contribution in [-0.2, 0) is 4.79 Å². The molecule has 0 bridgehead atoms. The van der Waals surface area contributed by atoms with E-state index in [1.165, 1.54) is 51.6 Å². The molecule has 4 heteroatoms. The molecule has 3 aliphatic rings. The summed E-state index contributed by atoms with van der Waals surface area (Å²) in [5, 5.41) is 6.83. The Bertz CT molecular complexity index is 373. The molecule has 2 heterocycles. The van der Waals surface area contributed by atoms with Crippen molar-refractivity contribution in [1.29, 1.82) is 0 Å². The standard InChI is InChI=1S/C18H33N3O/c1-13-6-5-9-21(11-13)12-14(2)19-18(22)17-10-15-7-3-4-8-16(15)20-17/h13-17,20H,3-12H2,1-2H3,(H,19,22). The van der Waals surface area contributed by atoms with Crippen molar-refractivity contribution in [3.05, 3.63) is 0 Å². The van der Waals surface area contributed by atoms with Crippen LogP contribution in [0.2, 0.25) is 0 Å². The molecule has 0 radical (unpaired) electrons. The van der Waals surface area contributed by atoms with E-state index in [2.05, 4.69) is 29.4 Å². The molecule has 0 spiro atoms. The van der Waals surface area contributed by atoms with Gasteiger partial charge in [-0.25, -0.2) is 0 Å². The third-order valence-corrected chi connectivity index (χ3v) is 5.84. The second kappa shape index (κ2) is 7.31. The van der Waals surface area contributed by atoms with Crippen LogP contribution in [0.25, 0.3) is 0 Å². The van der Waals surface area contributed by atoms with Crippen LogP contribution in [0.5, 0.6) is 0 Å². The van der Waals surface area contributed by atoms with E-state index in [1.807, 2.05) is 0 Å². The Balaban J connectivity index is 1.43. The number of nitrogens with zero attached hydrogens (tertiary/aromatic N) is 1. The first-order valence-electron chi connectivity index (χ1n) is 9.40. The first kappa shape index (κ1) is 16.3. The highest BCUT2D eigenvalue weighted by atomic mass is 16.2. The van der Waals surface area contributed by atoms with Crippen LogP contribution in [0.3, 0.4) is 0 Å². The number of fused-ring (bicyclic) bond motifs is 1. The Morgan fingerprint density at radius 1 is 1.27 bits per heavy atom. The van der Waals surface area contributed by atoms with Crippen molar-refractivity contribution in [3.8, 4) is 0 Å². The van der Waals surface area contributed by atoms with Crippen LogP contribution < -0.4 is 10.6 Å². The quantitative estimate of drug-likeness (QED) is 0.836. The number of hydrogen-bond acceptors (Lipinski definition) is 3. The van der Waals surface area contributed by atoms with Gasteiger partial charge in [0.15, 0.2) is 0 Å². The highest BCUT2D eigenvalue weighted by Crippen LogP contribution is 2.33. The van der Waals surface area contributed by atoms with E-state index in [4.69, 9.17) is 0 Å². The zero-order valence-corrected chi connectivity index (χ0v) is 14.3. The number of carbonyl (C=O) groups excluding carboxylic acids is 1. The number of nitrogens with one attached hydrogen (secondary N) is 2. The fraction of sp³-hybridized carbons (Fsp3) is 0.944. The molecule has 1 saturated carbocycles. The maximum atomic E-state index is 12.5. The summed E-state index contributed by atoms with van der Waals surface area (Å²) >= 11 is 0. The lowest BCUT2D eigenvalue weighted by atomic mass is 9.85. The Morgan fingerprint density at radius 3 is 2.86 bits per heavy atom. The van der Waals surface area contributed by atoms with Crippen LogP contribution in [0, 0.1) is 11.8 Å². The molecule has 1 aliphatic carbocycles. The van der Waals surface area contributed by atoms with Crippen LogP contribution >= 0.6 is 0 Å². The first-order chi connectivity index (χ1) is 10.6. The minimum Gasteiger partial charge on any atom is -0.351 e. The lowest BCUT2D eigenvalue weighted by Gasteiger charge is -2.33. The molecule has 2 N–H and O–H groups in total. The maximum absolute atomic E-state index is 12.5. The van der Waals surface area contributed by atoms with Crippen molar-refractivity contribution in [3.63, 3.8) is 0 Å². The molecular weight excluding hydrogens is 274 g/mol. The van der Waals surface area contributed by atoms with Crippen molar-refractivity contribution < 1.29 is 4.79 Å². The second-order valence-corrected chi connectivity index (χ2v) is 8.02. The number of piperidine rings is 1. The third-order valence-electron chi connectivity index (χ3n) is 5.84. The Labute approximate surface area is 135 Å². The van der Waals surface area contributed by atoms with Gasteiger partial charge in [0.1, 0.15) is 0 Å². The summed E-state index contributed by atoms with van der Waals surface area (Å²) < 4.78 is 0. The first-order valence-corrected chi connectivity index (χ1v) is 9.40. The minimum absolute atomic E-state index is 0.0517. The Morgan fingerprint density at radius 2 is 2.09 bits per heavy atom. The summed E-state index contributed by atoms with van der Waals surface area (Å²) in [4.78, 5) is 15.0. The van der Waals surface area contributed by atoms with Gasteiger partial charge in [0.05, 0.1) is 6.04 Å². The molecule has 0 aromatic heterocycles. The van der Waals surface area contributed by atoms with Gasteiger partial charge in [0.2, 0.25) is 5.91 Å². The van der Waals surface area contributed by atoms with Gasteiger partial charge in [-0.1, -0.05) is 19.8 Å². The lowest BCUT2D eigenvalue weighted by molar-refractivity contribution is -0.123. The molecule has 0 aromatic rings. The van der Waals surface area contributed by atoms with Gasteiger partial charge in [0, 0.05) is 25.2 Å². The highest BCUT2D eigenvalue weighted by molar-refractivity contribution is 5.82. The van der Waals surface area contributed by atoms with E-state index in [0.717, 1.165) is 24.8 Å². The molecular formula is C18H33N3O. The minimum atomic E-state index is 0.0517. The van der Waals surface area contributed by atoms with Crippen molar-refractivity contribution in [2.75, 3.05) is 19.6 Å². The SMILES string of the molecule is CC1CCCN(CC(C)NC(=O)C2CC3CCCCC3N2)C1. The number of likely N-dealkylation sites (tertiary alicyclic amines) is 1. The molecule has 2 aliphatic heterocycles. The van der Waals surface area contributed by atoms with Crippen molar-refractivity contribution in [2.45, 2.75) is 76.9 Å². The van der Waals surface area contributed by atoms with Gasteiger partial charge in [-0.2, -0.15) is 0 Å². The van der Waals surface area contributed by atoms with Crippen molar-refractivity contribution >= 4 is 5.91 Å². The molecule has 0 aromatic carbocycles. The van der Waals surface area contributed by atoms with Crippen molar-refractivity contribution in [1.82, 2.24) is 15.5 Å². The molecule has 1 amide bonds. The molecule has 5 atom stereocenters. The summed E-state index contributed by atoms with van der Waals surface area (Å²) in [5.74, 6) is 1.77. The molecule has 4 nitrogen and oxygen atoms in total. The van der Waals surface area contributed by atoms with Gasteiger partial charge in [-0.15, -0.1) is 0 Å². The van der Waals surface area contributed by atoms with Crippen LogP contribution in [0.1, 0.15) is 58.8 Å². The predicted octanol–water partition coefficient (Wildman–Crippen LogP) is 2.14. The van der Waals surface area contributed by atoms with Gasteiger partial charge >= 0.3 is 0 Å². The van der Waals surface area contributed by atoms with Crippen LogP contribution in [-0.4, -0.2) is 48.6 Å². The Hall–Kier alpha value is -0.610. The number of amides is 1. The summed E-state index contributed by atoms with van der Waals surface area (Å²) in [7, 11) is 0. The zero-order chi connectivity index (χ0) is 15.5. The fourth-order valence-electron chi connectivity index (χ4n) is 4.75. The maximum Gasteiger partial charge on any atom is 0.237 e. The van der Waals surface area contributed by atoms with Gasteiger partial charge in [0.25, 0.3) is 0 Å². The Kier molecular flexibility index (Phi) is 5.40. The van der Waals surface area contributed by atoms with Gasteiger partial charge in [-0.05, 0) is 57.4 Å². The summed E-state index contributed by atoms with van der Waals surface area (Å²) in [6.07, 6.45) is 8.94. The van der Waals surface area contributed by atoms with Crippen LogP contribution in [0.4, 0.5) is 0 Å². The third kappa shape index (κ3) is 4.02.